The van der Waals surface area contributed by atoms with Crippen LogP contribution in [-0.4, -0.2) is 26.8 Å². The van der Waals surface area contributed by atoms with E-state index in [2.05, 4.69) is 11.6 Å². The molecule has 1 fully saturated rings. The van der Waals surface area contributed by atoms with Gasteiger partial charge in [-0.25, -0.2) is 13.1 Å². The third-order valence-electron chi connectivity index (χ3n) is 3.22. The molecule has 0 spiro atoms. The lowest BCUT2D eigenvalue weighted by Gasteiger charge is -2.16. The molecular weight excluding hydrogens is 224 g/mol. The number of rotatable bonds is 5. The van der Waals surface area contributed by atoms with E-state index in [0.717, 1.165) is 31.6 Å². The third kappa shape index (κ3) is 5.27. The lowest BCUT2D eigenvalue weighted by atomic mass is 10.0. The largest absolute Gasteiger partial charge is 0.330 e. The molecule has 16 heavy (non-hydrogen) atoms. The lowest BCUT2D eigenvalue weighted by molar-refractivity contribution is 0.484. The van der Waals surface area contributed by atoms with Crippen molar-refractivity contribution in [3.8, 4) is 0 Å². The van der Waals surface area contributed by atoms with Gasteiger partial charge < -0.3 is 5.73 Å². The Hall–Kier alpha value is -0.130. The zero-order chi connectivity index (χ0) is 12.0. The predicted octanol–water partition coefficient (Wildman–Crippen LogP) is 1.22. The van der Waals surface area contributed by atoms with Crippen molar-refractivity contribution >= 4 is 10.0 Å². The average molecular weight is 248 g/mol. The van der Waals surface area contributed by atoms with Gasteiger partial charge in [0.25, 0.3) is 0 Å². The molecule has 1 aliphatic carbocycles. The van der Waals surface area contributed by atoms with Crippen LogP contribution in [0.25, 0.3) is 0 Å². The van der Waals surface area contributed by atoms with Crippen molar-refractivity contribution in [1.29, 1.82) is 0 Å². The summed E-state index contributed by atoms with van der Waals surface area (Å²) in [5.41, 5.74) is 5.32. The van der Waals surface area contributed by atoms with Crippen LogP contribution in [0.2, 0.25) is 0 Å². The maximum Gasteiger partial charge on any atom is 0.211 e. The van der Waals surface area contributed by atoms with Crippen LogP contribution >= 0.6 is 0 Å². The second kappa shape index (κ2) is 6.57. The molecule has 0 aromatic rings. The molecule has 0 saturated heterocycles. The monoisotopic (exact) mass is 248 g/mol. The van der Waals surface area contributed by atoms with Crippen LogP contribution in [0.5, 0.6) is 0 Å². The fourth-order valence-electron chi connectivity index (χ4n) is 2.19. The molecule has 0 heterocycles. The van der Waals surface area contributed by atoms with Gasteiger partial charge in [0.05, 0.1) is 5.75 Å². The predicted molar refractivity (Wildman–Crippen MR) is 66.6 cm³/mol. The first kappa shape index (κ1) is 13.9. The number of hydrogen-bond donors (Lipinski definition) is 2. The normalized spacial score (nSPS) is 27.6. The maximum atomic E-state index is 11.7. The Labute approximate surface area is 99.0 Å². The summed E-state index contributed by atoms with van der Waals surface area (Å²) in [5, 5.41) is 0. The van der Waals surface area contributed by atoms with E-state index in [0.29, 0.717) is 13.0 Å². The zero-order valence-electron chi connectivity index (χ0n) is 10.1. The van der Waals surface area contributed by atoms with Crippen molar-refractivity contribution < 1.29 is 8.42 Å². The van der Waals surface area contributed by atoms with E-state index in [9.17, 15) is 8.42 Å². The van der Waals surface area contributed by atoms with Gasteiger partial charge in [-0.1, -0.05) is 19.8 Å². The molecule has 0 bridgehead atoms. The molecule has 0 radical (unpaired) electrons. The maximum absolute atomic E-state index is 11.7. The summed E-state index contributed by atoms with van der Waals surface area (Å²) in [6.45, 7) is 2.67. The van der Waals surface area contributed by atoms with E-state index < -0.39 is 10.0 Å². The van der Waals surface area contributed by atoms with Gasteiger partial charge in [0, 0.05) is 6.04 Å². The highest BCUT2D eigenvalue weighted by molar-refractivity contribution is 7.89. The summed E-state index contributed by atoms with van der Waals surface area (Å²) in [6.07, 6.45) is 5.98. The first-order valence-electron chi connectivity index (χ1n) is 6.23. The lowest BCUT2D eigenvalue weighted by Crippen LogP contribution is -2.36. The van der Waals surface area contributed by atoms with Gasteiger partial charge in [0.2, 0.25) is 10.0 Å². The summed E-state index contributed by atoms with van der Waals surface area (Å²) in [5.74, 6) is 0.897. The highest BCUT2D eigenvalue weighted by atomic mass is 32.2. The fraction of sp³-hybridized carbons (Fsp3) is 1.00. The SMILES string of the molecule is CC1CCCC(NS(=O)(=O)CCCN)CC1. The van der Waals surface area contributed by atoms with Crippen molar-refractivity contribution in [3.05, 3.63) is 0 Å². The molecule has 96 valence electrons. The molecule has 2 unspecified atom stereocenters. The van der Waals surface area contributed by atoms with Crippen LogP contribution in [0.15, 0.2) is 0 Å². The summed E-state index contributed by atoms with van der Waals surface area (Å²) >= 11 is 0. The smallest absolute Gasteiger partial charge is 0.211 e. The Balaban J connectivity index is 2.40. The Morgan fingerprint density at radius 1 is 1.25 bits per heavy atom. The summed E-state index contributed by atoms with van der Waals surface area (Å²) < 4.78 is 26.2. The average Bonchev–Trinajstić information content (AvgIpc) is 2.40. The highest BCUT2D eigenvalue weighted by Crippen LogP contribution is 2.22. The topological polar surface area (TPSA) is 72.2 Å². The van der Waals surface area contributed by atoms with Crippen molar-refractivity contribution in [2.24, 2.45) is 11.7 Å². The van der Waals surface area contributed by atoms with Gasteiger partial charge in [-0.2, -0.15) is 0 Å². The minimum Gasteiger partial charge on any atom is -0.330 e. The molecule has 1 aliphatic rings. The van der Waals surface area contributed by atoms with Crippen molar-refractivity contribution in [2.45, 2.75) is 51.5 Å². The second-order valence-corrected chi connectivity index (χ2v) is 6.76. The molecule has 1 saturated carbocycles. The van der Waals surface area contributed by atoms with E-state index in [1.807, 2.05) is 0 Å². The Bertz CT molecular complexity index is 290. The van der Waals surface area contributed by atoms with Crippen LogP contribution < -0.4 is 10.5 Å². The molecule has 0 aliphatic heterocycles. The van der Waals surface area contributed by atoms with Gasteiger partial charge in [-0.05, 0) is 38.1 Å². The number of nitrogens with one attached hydrogen (secondary N) is 1. The first-order chi connectivity index (χ1) is 7.53. The van der Waals surface area contributed by atoms with Crippen molar-refractivity contribution in [1.82, 2.24) is 4.72 Å². The molecule has 0 aromatic carbocycles. The molecule has 0 aromatic heterocycles. The molecular formula is C11H24N2O2S. The van der Waals surface area contributed by atoms with E-state index >= 15 is 0 Å². The minimum atomic E-state index is -3.11. The van der Waals surface area contributed by atoms with Crippen LogP contribution in [-0.2, 0) is 10.0 Å². The van der Waals surface area contributed by atoms with Gasteiger partial charge in [0.15, 0.2) is 0 Å². The highest BCUT2D eigenvalue weighted by Gasteiger charge is 2.20. The molecule has 3 N–H and O–H groups in total. The number of nitrogens with two attached hydrogens (primary N) is 1. The van der Waals surface area contributed by atoms with E-state index in [1.165, 1.54) is 6.42 Å². The van der Waals surface area contributed by atoms with Crippen LogP contribution in [0.1, 0.15) is 45.4 Å². The van der Waals surface area contributed by atoms with Crippen LogP contribution in [0.3, 0.4) is 0 Å². The second-order valence-electron chi connectivity index (χ2n) is 4.89. The molecule has 2 atom stereocenters. The Morgan fingerprint density at radius 3 is 2.69 bits per heavy atom. The number of sulfonamides is 1. The van der Waals surface area contributed by atoms with E-state index in [1.54, 1.807) is 0 Å². The third-order valence-corrected chi connectivity index (χ3v) is 4.74. The Morgan fingerprint density at radius 2 is 2.00 bits per heavy atom. The molecule has 1 rings (SSSR count). The Kier molecular flexibility index (Phi) is 5.72. The molecule has 5 heteroatoms. The van der Waals surface area contributed by atoms with Crippen molar-refractivity contribution in [3.63, 3.8) is 0 Å². The zero-order valence-corrected chi connectivity index (χ0v) is 10.9. The summed E-state index contributed by atoms with van der Waals surface area (Å²) in [7, 11) is -3.11. The van der Waals surface area contributed by atoms with Gasteiger partial charge in [0.1, 0.15) is 0 Å². The van der Waals surface area contributed by atoms with Crippen LogP contribution in [0, 0.1) is 5.92 Å². The first-order valence-corrected chi connectivity index (χ1v) is 7.89. The minimum absolute atomic E-state index is 0.146. The molecule has 0 amide bonds. The van der Waals surface area contributed by atoms with E-state index in [4.69, 9.17) is 5.73 Å². The van der Waals surface area contributed by atoms with Gasteiger partial charge in [-0.3, -0.25) is 0 Å². The van der Waals surface area contributed by atoms with E-state index in [-0.39, 0.29) is 11.8 Å². The molecule has 4 nitrogen and oxygen atoms in total. The number of hydrogen-bond acceptors (Lipinski definition) is 3. The van der Waals surface area contributed by atoms with Crippen molar-refractivity contribution in [2.75, 3.05) is 12.3 Å². The quantitative estimate of drug-likeness (QED) is 0.719. The fourth-order valence-corrected chi connectivity index (χ4v) is 3.60. The van der Waals surface area contributed by atoms with Crippen LogP contribution in [0.4, 0.5) is 0 Å². The standard InChI is InChI=1S/C11H24N2O2S/c1-10-4-2-5-11(7-6-10)13-16(14,15)9-3-8-12/h10-11,13H,2-9,12H2,1H3. The summed E-state index contributed by atoms with van der Waals surface area (Å²) in [6, 6.07) is 0.146. The van der Waals surface area contributed by atoms with Gasteiger partial charge in [-0.15, -0.1) is 0 Å². The summed E-state index contributed by atoms with van der Waals surface area (Å²) in [4.78, 5) is 0. The van der Waals surface area contributed by atoms with Gasteiger partial charge >= 0.3 is 0 Å².